The Morgan fingerprint density at radius 3 is 2.65 bits per heavy atom. The first-order valence-electron chi connectivity index (χ1n) is 11.9. The Balaban J connectivity index is 1.51. The van der Waals surface area contributed by atoms with Gasteiger partial charge in [0.1, 0.15) is 0 Å². The van der Waals surface area contributed by atoms with Gasteiger partial charge in [-0.3, -0.25) is 14.8 Å². The van der Waals surface area contributed by atoms with E-state index in [4.69, 9.17) is 11.6 Å². The summed E-state index contributed by atoms with van der Waals surface area (Å²) in [4.78, 5) is 12.1. The molecule has 3 atom stereocenters. The molecule has 31 heavy (non-hydrogen) atoms. The molecule has 6 nitrogen and oxygen atoms in total. The summed E-state index contributed by atoms with van der Waals surface area (Å²) < 4.78 is 0. The molecule has 0 bridgehead atoms. The standard InChI is InChI=1S/C24H41ClN6/c1-5-30-12-14-31(15-13-30)19(2)17-27-24(26-3)28-18-21-9-7-11-29(4)23(21)20-8-6-10-22(25)16-20/h6,8,10,16,19,21,23H,5,7,9,11-15,17-18H2,1-4H3,(H2,26,27,28). The first kappa shape index (κ1) is 24.3. The molecule has 7 heteroatoms. The molecular weight excluding hydrogens is 408 g/mol. The number of nitrogens with one attached hydrogen (secondary N) is 2. The lowest BCUT2D eigenvalue weighted by atomic mass is 9.85. The number of guanidine groups is 1. The van der Waals surface area contributed by atoms with Crippen molar-refractivity contribution >= 4 is 17.6 Å². The van der Waals surface area contributed by atoms with Gasteiger partial charge >= 0.3 is 0 Å². The average molecular weight is 449 g/mol. The van der Waals surface area contributed by atoms with Crippen LogP contribution in [0, 0.1) is 5.92 Å². The highest BCUT2D eigenvalue weighted by molar-refractivity contribution is 6.30. The first-order chi connectivity index (χ1) is 15.0. The zero-order valence-electron chi connectivity index (χ0n) is 19.8. The molecule has 0 amide bonds. The van der Waals surface area contributed by atoms with Crippen LogP contribution in [0.2, 0.25) is 5.02 Å². The van der Waals surface area contributed by atoms with E-state index in [0.29, 0.717) is 18.0 Å². The van der Waals surface area contributed by atoms with Crippen LogP contribution in [-0.4, -0.2) is 93.2 Å². The first-order valence-corrected chi connectivity index (χ1v) is 12.3. The maximum atomic E-state index is 6.29. The van der Waals surface area contributed by atoms with Crippen LogP contribution in [-0.2, 0) is 0 Å². The Morgan fingerprint density at radius 2 is 1.97 bits per heavy atom. The molecule has 3 rings (SSSR count). The van der Waals surface area contributed by atoms with Crippen LogP contribution < -0.4 is 10.6 Å². The zero-order chi connectivity index (χ0) is 22.2. The monoisotopic (exact) mass is 448 g/mol. The maximum Gasteiger partial charge on any atom is 0.191 e. The Hall–Kier alpha value is -1.34. The van der Waals surface area contributed by atoms with Gasteiger partial charge in [-0.15, -0.1) is 0 Å². The maximum absolute atomic E-state index is 6.29. The van der Waals surface area contributed by atoms with Crippen LogP contribution in [0.3, 0.4) is 0 Å². The Labute approximate surface area is 194 Å². The van der Waals surface area contributed by atoms with E-state index in [9.17, 15) is 0 Å². The van der Waals surface area contributed by atoms with Crippen LogP contribution in [0.5, 0.6) is 0 Å². The molecule has 2 aliphatic heterocycles. The molecule has 1 aromatic rings. The van der Waals surface area contributed by atoms with Crippen molar-refractivity contribution in [3.63, 3.8) is 0 Å². The number of nitrogens with zero attached hydrogens (tertiary/aromatic N) is 4. The van der Waals surface area contributed by atoms with Gasteiger partial charge in [-0.1, -0.05) is 30.7 Å². The molecule has 2 N–H and O–H groups in total. The third-order valence-electron chi connectivity index (χ3n) is 6.99. The van der Waals surface area contributed by atoms with Gasteiger partial charge in [-0.05, 0) is 63.5 Å². The lowest BCUT2D eigenvalue weighted by Gasteiger charge is -2.40. The fourth-order valence-corrected chi connectivity index (χ4v) is 5.23. The number of aliphatic imine (C=N–C) groups is 1. The van der Waals surface area contributed by atoms with E-state index in [-0.39, 0.29) is 0 Å². The molecule has 3 unspecified atom stereocenters. The number of piperazine rings is 1. The third-order valence-corrected chi connectivity index (χ3v) is 7.23. The normalized spacial score (nSPS) is 25.4. The fraction of sp³-hybridized carbons (Fsp3) is 0.708. The SMILES string of the molecule is CCN1CCN(C(C)CNC(=NC)NCC2CCCN(C)C2c2cccc(Cl)c2)CC1. The topological polar surface area (TPSA) is 46.1 Å². The summed E-state index contributed by atoms with van der Waals surface area (Å²) in [6, 6.07) is 9.22. The number of hydrogen-bond donors (Lipinski definition) is 2. The predicted molar refractivity (Wildman–Crippen MR) is 132 cm³/mol. The lowest BCUT2D eigenvalue weighted by molar-refractivity contribution is 0.107. The van der Waals surface area contributed by atoms with Crippen molar-refractivity contribution in [3.8, 4) is 0 Å². The van der Waals surface area contributed by atoms with Crippen molar-refractivity contribution < 1.29 is 0 Å². The Morgan fingerprint density at radius 1 is 1.19 bits per heavy atom. The van der Waals surface area contributed by atoms with E-state index < -0.39 is 0 Å². The highest BCUT2D eigenvalue weighted by Crippen LogP contribution is 2.35. The van der Waals surface area contributed by atoms with Crippen LogP contribution in [0.25, 0.3) is 0 Å². The second-order valence-corrected chi connectivity index (χ2v) is 9.47. The molecule has 0 radical (unpaired) electrons. The predicted octanol–water partition coefficient (Wildman–Crippen LogP) is 2.91. The summed E-state index contributed by atoms with van der Waals surface area (Å²) in [5.74, 6) is 1.42. The third kappa shape index (κ3) is 6.82. The largest absolute Gasteiger partial charge is 0.356 e. The van der Waals surface area contributed by atoms with E-state index in [2.05, 4.69) is 69.4 Å². The van der Waals surface area contributed by atoms with E-state index in [1.807, 2.05) is 13.1 Å². The zero-order valence-corrected chi connectivity index (χ0v) is 20.5. The van der Waals surface area contributed by atoms with Gasteiger partial charge in [0.15, 0.2) is 5.96 Å². The molecule has 174 valence electrons. The Kier molecular flexibility index (Phi) is 9.45. The summed E-state index contributed by atoms with van der Waals surface area (Å²) >= 11 is 6.29. The molecule has 0 saturated carbocycles. The number of piperidine rings is 1. The van der Waals surface area contributed by atoms with E-state index in [1.54, 1.807) is 0 Å². The minimum absolute atomic E-state index is 0.381. The smallest absolute Gasteiger partial charge is 0.191 e. The molecule has 2 fully saturated rings. The van der Waals surface area contributed by atoms with Crippen LogP contribution in [0.4, 0.5) is 0 Å². The fourth-order valence-electron chi connectivity index (χ4n) is 5.03. The molecule has 2 saturated heterocycles. The molecule has 2 aliphatic rings. The van der Waals surface area contributed by atoms with E-state index in [1.165, 1.54) is 31.5 Å². The number of hydrogen-bond acceptors (Lipinski definition) is 4. The number of rotatable bonds is 7. The Bertz CT molecular complexity index is 703. The van der Waals surface area contributed by atoms with Crippen LogP contribution in [0.15, 0.2) is 29.3 Å². The summed E-state index contributed by atoms with van der Waals surface area (Å²) in [5.41, 5.74) is 1.31. The van der Waals surface area contributed by atoms with Crippen molar-refractivity contribution in [1.29, 1.82) is 0 Å². The second-order valence-electron chi connectivity index (χ2n) is 9.04. The molecule has 1 aromatic carbocycles. The molecule has 2 heterocycles. The quantitative estimate of drug-likeness (QED) is 0.496. The summed E-state index contributed by atoms with van der Waals surface area (Å²) in [6.07, 6.45) is 2.44. The number of halogens is 1. The molecular formula is C24H41ClN6. The van der Waals surface area contributed by atoms with Crippen molar-refractivity contribution in [1.82, 2.24) is 25.3 Å². The molecule has 0 spiro atoms. The van der Waals surface area contributed by atoms with Gasteiger partial charge in [0.2, 0.25) is 0 Å². The number of likely N-dealkylation sites (tertiary alicyclic amines) is 1. The van der Waals surface area contributed by atoms with Crippen molar-refractivity contribution in [2.45, 2.75) is 38.8 Å². The highest BCUT2D eigenvalue weighted by atomic mass is 35.5. The number of likely N-dealkylation sites (N-methyl/N-ethyl adjacent to an activating group) is 1. The summed E-state index contributed by atoms with van der Waals surface area (Å²) in [5, 5.41) is 7.97. The van der Waals surface area contributed by atoms with Gasteiger partial charge in [-0.2, -0.15) is 0 Å². The van der Waals surface area contributed by atoms with Gasteiger partial charge < -0.3 is 15.5 Å². The van der Waals surface area contributed by atoms with Crippen molar-refractivity contribution in [3.05, 3.63) is 34.9 Å². The lowest BCUT2D eigenvalue weighted by Crippen LogP contribution is -2.53. The minimum atomic E-state index is 0.381. The minimum Gasteiger partial charge on any atom is -0.356 e. The van der Waals surface area contributed by atoms with E-state index >= 15 is 0 Å². The second kappa shape index (κ2) is 12.0. The van der Waals surface area contributed by atoms with Crippen molar-refractivity contribution in [2.75, 3.05) is 66.5 Å². The highest BCUT2D eigenvalue weighted by Gasteiger charge is 2.30. The van der Waals surface area contributed by atoms with Gasteiger partial charge in [0.05, 0.1) is 0 Å². The van der Waals surface area contributed by atoms with E-state index in [0.717, 1.165) is 50.3 Å². The van der Waals surface area contributed by atoms with Crippen LogP contribution >= 0.6 is 11.6 Å². The summed E-state index contributed by atoms with van der Waals surface area (Å²) in [6.45, 7) is 13.3. The molecule has 0 aliphatic carbocycles. The van der Waals surface area contributed by atoms with Crippen LogP contribution in [0.1, 0.15) is 38.3 Å². The van der Waals surface area contributed by atoms with Gasteiger partial charge in [-0.25, -0.2) is 0 Å². The van der Waals surface area contributed by atoms with Crippen molar-refractivity contribution in [2.24, 2.45) is 10.9 Å². The summed E-state index contributed by atoms with van der Waals surface area (Å²) in [7, 11) is 4.09. The number of benzene rings is 1. The van der Waals surface area contributed by atoms with Gasteiger partial charge in [0.25, 0.3) is 0 Å². The van der Waals surface area contributed by atoms with Gasteiger partial charge in [0, 0.05) is 63.4 Å². The molecule has 0 aromatic heterocycles. The average Bonchev–Trinajstić information content (AvgIpc) is 2.79.